The number of halogens is 1. The first-order valence-corrected chi connectivity index (χ1v) is 7.44. The molecule has 0 spiro atoms. The molecule has 3 rings (SSSR count). The maximum atomic E-state index is 14.4. The molecule has 1 aromatic carbocycles. The SMILES string of the molecule is Cc1c(Nc2ccc(-n3cncn3)cc2F)ncnc1OC(C)C. The smallest absolute Gasteiger partial charge is 0.221 e. The Morgan fingerprint density at radius 1 is 1.21 bits per heavy atom. The molecule has 0 aliphatic heterocycles. The van der Waals surface area contributed by atoms with Crippen molar-refractivity contribution in [3.8, 4) is 11.6 Å². The first kappa shape index (κ1) is 15.9. The van der Waals surface area contributed by atoms with E-state index in [-0.39, 0.29) is 6.10 Å². The van der Waals surface area contributed by atoms with Crippen LogP contribution >= 0.6 is 0 Å². The molecule has 8 heteroatoms. The average molecular weight is 328 g/mol. The number of aromatic nitrogens is 5. The molecule has 0 aliphatic rings. The summed E-state index contributed by atoms with van der Waals surface area (Å²) in [5, 5.41) is 6.95. The second-order valence-electron chi connectivity index (χ2n) is 5.45. The van der Waals surface area contributed by atoms with Crippen LogP contribution in [-0.4, -0.2) is 30.8 Å². The quantitative estimate of drug-likeness (QED) is 0.775. The van der Waals surface area contributed by atoms with Gasteiger partial charge in [0.1, 0.15) is 30.6 Å². The zero-order valence-electron chi connectivity index (χ0n) is 13.6. The fraction of sp³-hybridized carbons (Fsp3) is 0.250. The van der Waals surface area contributed by atoms with E-state index in [9.17, 15) is 4.39 Å². The van der Waals surface area contributed by atoms with E-state index < -0.39 is 5.82 Å². The summed E-state index contributed by atoms with van der Waals surface area (Å²) < 4.78 is 21.5. The molecule has 0 atom stereocenters. The van der Waals surface area contributed by atoms with Crippen molar-refractivity contribution >= 4 is 11.5 Å². The molecule has 124 valence electrons. The van der Waals surface area contributed by atoms with Gasteiger partial charge < -0.3 is 10.1 Å². The van der Waals surface area contributed by atoms with Crippen LogP contribution < -0.4 is 10.1 Å². The summed E-state index contributed by atoms with van der Waals surface area (Å²) in [5.41, 5.74) is 1.60. The average Bonchev–Trinajstić information content (AvgIpc) is 3.07. The van der Waals surface area contributed by atoms with Gasteiger partial charge in [0.15, 0.2) is 0 Å². The molecule has 24 heavy (non-hydrogen) atoms. The molecule has 0 bridgehead atoms. The normalized spacial score (nSPS) is 10.9. The third kappa shape index (κ3) is 3.32. The minimum Gasteiger partial charge on any atom is -0.475 e. The molecule has 3 aromatic rings. The number of hydrogen-bond donors (Lipinski definition) is 1. The van der Waals surface area contributed by atoms with E-state index in [0.717, 1.165) is 0 Å². The van der Waals surface area contributed by atoms with Crippen LogP contribution in [0.1, 0.15) is 19.4 Å². The van der Waals surface area contributed by atoms with Gasteiger partial charge in [-0.15, -0.1) is 0 Å². The van der Waals surface area contributed by atoms with Crippen LogP contribution in [0.25, 0.3) is 5.69 Å². The third-order valence-corrected chi connectivity index (χ3v) is 3.27. The lowest BCUT2D eigenvalue weighted by Crippen LogP contribution is -2.10. The Labute approximate surface area is 138 Å². The highest BCUT2D eigenvalue weighted by Crippen LogP contribution is 2.26. The van der Waals surface area contributed by atoms with Gasteiger partial charge in [0.25, 0.3) is 0 Å². The summed E-state index contributed by atoms with van der Waals surface area (Å²) in [6.45, 7) is 5.65. The van der Waals surface area contributed by atoms with Crippen LogP contribution in [0.3, 0.4) is 0 Å². The highest BCUT2D eigenvalue weighted by Gasteiger charge is 2.12. The number of benzene rings is 1. The molecule has 2 aromatic heterocycles. The van der Waals surface area contributed by atoms with Crippen molar-refractivity contribution in [1.82, 2.24) is 24.7 Å². The standard InChI is InChI=1S/C16H17FN6O/c1-10(2)24-16-11(3)15(19-8-20-16)22-14-5-4-12(6-13(14)17)23-9-18-7-21-23/h4-10H,1-3H3,(H,19,20,22). The van der Waals surface area contributed by atoms with Crippen LogP contribution in [0.4, 0.5) is 15.9 Å². The predicted octanol–water partition coefficient (Wildman–Crippen LogP) is 3.04. The Balaban J connectivity index is 1.86. The molecule has 1 N–H and O–H groups in total. The molecular weight excluding hydrogens is 311 g/mol. The van der Waals surface area contributed by atoms with Crippen molar-refractivity contribution in [3.05, 3.63) is 48.6 Å². The Morgan fingerprint density at radius 3 is 2.71 bits per heavy atom. The van der Waals surface area contributed by atoms with Crippen molar-refractivity contribution in [2.24, 2.45) is 0 Å². The number of hydrogen-bond acceptors (Lipinski definition) is 6. The molecule has 0 radical (unpaired) electrons. The number of nitrogens with zero attached hydrogens (tertiary/aromatic N) is 5. The Bertz CT molecular complexity index is 835. The molecule has 2 heterocycles. The zero-order chi connectivity index (χ0) is 17.1. The lowest BCUT2D eigenvalue weighted by Gasteiger charge is -2.14. The summed E-state index contributed by atoms with van der Waals surface area (Å²) in [7, 11) is 0. The van der Waals surface area contributed by atoms with Gasteiger partial charge in [-0.05, 0) is 32.9 Å². The topological polar surface area (TPSA) is 77.8 Å². The fourth-order valence-electron chi connectivity index (χ4n) is 2.12. The fourth-order valence-corrected chi connectivity index (χ4v) is 2.12. The van der Waals surface area contributed by atoms with Gasteiger partial charge in [-0.25, -0.2) is 24.0 Å². The second-order valence-corrected chi connectivity index (χ2v) is 5.45. The van der Waals surface area contributed by atoms with Crippen LogP contribution in [0.5, 0.6) is 5.88 Å². The van der Waals surface area contributed by atoms with Crippen LogP contribution in [0.15, 0.2) is 37.2 Å². The zero-order valence-corrected chi connectivity index (χ0v) is 13.6. The number of rotatable bonds is 5. The van der Waals surface area contributed by atoms with Gasteiger partial charge in [-0.3, -0.25) is 0 Å². The van der Waals surface area contributed by atoms with Gasteiger partial charge in [0, 0.05) is 6.07 Å². The summed E-state index contributed by atoms with van der Waals surface area (Å²) in [4.78, 5) is 12.1. The maximum Gasteiger partial charge on any atom is 0.221 e. The maximum absolute atomic E-state index is 14.4. The van der Waals surface area contributed by atoms with Gasteiger partial charge >= 0.3 is 0 Å². The van der Waals surface area contributed by atoms with E-state index in [1.165, 1.54) is 29.7 Å². The van der Waals surface area contributed by atoms with Crippen molar-refractivity contribution < 1.29 is 9.13 Å². The Hall–Kier alpha value is -3.03. The van der Waals surface area contributed by atoms with Crippen LogP contribution in [0.2, 0.25) is 0 Å². The first-order valence-electron chi connectivity index (χ1n) is 7.44. The molecule has 0 saturated carbocycles. The van der Waals surface area contributed by atoms with E-state index in [1.54, 1.807) is 12.1 Å². The summed E-state index contributed by atoms with van der Waals surface area (Å²) in [6, 6.07) is 4.73. The molecule has 0 saturated heterocycles. The Morgan fingerprint density at radius 2 is 2.04 bits per heavy atom. The van der Waals surface area contributed by atoms with Crippen molar-refractivity contribution in [3.63, 3.8) is 0 Å². The highest BCUT2D eigenvalue weighted by atomic mass is 19.1. The van der Waals surface area contributed by atoms with Crippen LogP contribution in [-0.2, 0) is 0 Å². The van der Waals surface area contributed by atoms with Gasteiger partial charge in [-0.2, -0.15) is 5.10 Å². The van der Waals surface area contributed by atoms with Crippen LogP contribution in [0, 0.1) is 12.7 Å². The Kier molecular flexibility index (Phi) is 4.37. The van der Waals surface area contributed by atoms with Gasteiger partial charge in [0.2, 0.25) is 5.88 Å². The molecular formula is C16H17FN6O. The van der Waals surface area contributed by atoms with E-state index >= 15 is 0 Å². The summed E-state index contributed by atoms with van der Waals surface area (Å²) >= 11 is 0. The lowest BCUT2D eigenvalue weighted by atomic mass is 10.2. The van der Waals surface area contributed by atoms with Crippen molar-refractivity contribution in [1.29, 1.82) is 0 Å². The third-order valence-electron chi connectivity index (χ3n) is 3.27. The number of nitrogens with one attached hydrogen (secondary N) is 1. The molecule has 0 aliphatic carbocycles. The molecule has 0 unspecified atom stereocenters. The molecule has 0 fully saturated rings. The molecule has 0 amide bonds. The minimum atomic E-state index is -0.424. The van der Waals surface area contributed by atoms with E-state index in [0.29, 0.717) is 28.6 Å². The van der Waals surface area contributed by atoms with E-state index in [2.05, 4.69) is 25.4 Å². The van der Waals surface area contributed by atoms with E-state index in [4.69, 9.17) is 4.74 Å². The van der Waals surface area contributed by atoms with Gasteiger partial charge in [0.05, 0.1) is 23.0 Å². The van der Waals surface area contributed by atoms with Gasteiger partial charge in [-0.1, -0.05) is 0 Å². The number of ether oxygens (including phenoxy) is 1. The summed E-state index contributed by atoms with van der Waals surface area (Å²) in [5.74, 6) is 0.544. The first-order chi connectivity index (χ1) is 11.5. The monoisotopic (exact) mass is 328 g/mol. The summed E-state index contributed by atoms with van der Waals surface area (Å²) in [6.07, 6.45) is 4.27. The predicted molar refractivity (Wildman–Crippen MR) is 87.1 cm³/mol. The lowest BCUT2D eigenvalue weighted by molar-refractivity contribution is 0.230. The van der Waals surface area contributed by atoms with E-state index in [1.807, 2.05) is 20.8 Å². The van der Waals surface area contributed by atoms with Crippen molar-refractivity contribution in [2.75, 3.05) is 5.32 Å². The minimum absolute atomic E-state index is 0.00912. The molecule has 7 nitrogen and oxygen atoms in total. The largest absolute Gasteiger partial charge is 0.475 e. The second kappa shape index (κ2) is 6.61. The number of anilines is 2. The highest BCUT2D eigenvalue weighted by molar-refractivity contribution is 5.62. The van der Waals surface area contributed by atoms with Crippen molar-refractivity contribution in [2.45, 2.75) is 26.9 Å².